The Hall–Kier alpha value is -1.09. The van der Waals surface area contributed by atoms with Crippen LogP contribution in [0.4, 0.5) is 0 Å². The molecule has 0 aromatic carbocycles. The summed E-state index contributed by atoms with van der Waals surface area (Å²) in [7, 11) is 0. The van der Waals surface area contributed by atoms with Gasteiger partial charge in [0, 0.05) is 17.8 Å². The number of likely N-dealkylation sites (tertiary alicyclic amines) is 1. The summed E-state index contributed by atoms with van der Waals surface area (Å²) >= 11 is 0. The van der Waals surface area contributed by atoms with E-state index in [0.29, 0.717) is 6.04 Å². The lowest BCUT2D eigenvalue weighted by Gasteiger charge is -2.24. The molecule has 3 heteroatoms. The number of rotatable bonds is 2. The van der Waals surface area contributed by atoms with Crippen molar-refractivity contribution in [1.29, 1.82) is 0 Å². The van der Waals surface area contributed by atoms with Gasteiger partial charge in [0.05, 0.1) is 0 Å². The lowest BCUT2D eigenvalue weighted by atomic mass is 10.0. The molecule has 0 saturated carbocycles. The molecule has 3 nitrogen and oxygen atoms in total. The normalized spacial score (nSPS) is 22.1. The van der Waals surface area contributed by atoms with E-state index in [0.717, 1.165) is 12.2 Å². The molecular formula is C12H18N2O. The van der Waals surface area contributed by atoms with Gasteiger partial charge in [-0.25, -0.2) is 0 Å². The van der Waals surface area contributed by atoms with Crippen molar-refractivity contribution in [2.75, 3.05) is 13.1 Å². The summed E-state index contributed by atoms with van der Waals surface area (Å²) in [5.41, 5.74) is 2.30. The second kappa shape index (κ2) is 4.19. The topological polar surface area (TPSA) is 36.1 Å². The van der Waals surface area contributed by atoms with Gasteiger partial charge in [0.15, 0.2) is 0 Å². The van der Waals surface area contributed by atoms with Gasteiger partial charge in [-0.2, -0.15) is 0 Å². The van der Waals surface area contributed by atoms with Crippen LogP contribution in [0.15, 0.2) is 16.9 Å². The molecule has 1 aromatic rings. The maximum atomic E-state index is 11.1. The number of pyridine rings is 1. The van der Waals surface area contributed by atoms with E-state index in [-0.39, 0.29) is 5.56 Å². The van der Waals surface area contributed by atoms with E-state index in [4.69, 9.17) is 0 Å². The number of aryl methyl sites for hydroxylation is 1. The van der Waals surface area contributed by atoms with E-state index < -0.39 is 0 Å². The molecule has 82 valence electrons. The summed E-state index contributed by atoms with van der Waals surface area (Å²) in [6.45, 7) is 6.45. The third-order valence-electron chi connectivity index (χ3n) is 3.29. The first-order valence-electron chi connectivity index (χ1n) is 5.66. The number of nitrogens with one attached hydrogen (secondary N) is 1. The predicted molar refractivity (Wildman–Crippen MR) is 61.0 cm³/mol. The molecule has 2 heterocycles. The molecule has 1 unspecified atom stereocenters. The quantitative estimate of drug-likeness (QED) is 0.801. The Bertz CT molecular complexity index is 397. The van der Waals surface area contributed by atoms with Crippen LogP contribution in [0.25, 0.3) is 0 Å². The summed E-state index contributed by atoms with van der Waals surface area (Å²) in [6, 6.07) is 4.12. The lowest BCUT2D eigenvalue weighted by molar-refractivity contribution is 0.270. The molecule has 0 aliphatic carbocycles. The molecule has 1 aliphatic heterocycles. The van der Waals surface area contributed by atoms with Crippen LogP contribution in [0, 0.1) is 6.92 Å². The van der Waals surface area contributed by atoms with Gasteiger partial charge in [0.25, 0.3) is 0 Å². The minimum atomic E-state index is -0.00250. The minimum Gasteiger partial charge on any atom is -0.326 e. The van der Waals surface area contributed by atoms with E-state index in [2.05, 4.69) is 16.8 Å². The molecule has 1 N–H and O–H groups in total. The van der Waals surface area contributed by atoms with Crippen molar-refractivity contribution in [3.05, 3.63) is 33.7 Å². The van der Waals surface area contributed by atoms with Gasteiger partial charge < -0.3 is 4.98 Å². The fraction of sp³-hybridized carbons (Fsp3) is 0.583. The van der Waals surface area contributed by atoms with E-state index >= 15 is 0 Å². The first-order chi connectivity index (χ1) is 7.22. The van der Waals surface area contributed by atoms with Crippen molar-refractivity contribution in [2.45, 2.75) is 32.7 Å². The highest BCUT2D eigenvalue weighted by Crippen LogP contribution is 2.31. The van der Waals surface area contributed by atoms with Crippen LogP contribution in [0.2, 0.25) is 0 Å². The molecule has 1 saturated heterocycles. The molecule has 1 aromatic heterocycles. The van der Waals surface area contributed by atoms with Gasteiger partial charge in [-0.3, -0.25) is 9.69 Å². The monoisotopic (exact) mass is 206 g/mol. The molecule has 1 atom stereocenters. The number of nitrogens with zero attached hydrogens (tertiary/aromatic N) is 1. The van der Waals surface area contributed by atoms with Gasteiger partial charge in [-0.1, -0.05) is 13.0 Å². The summed E-state index contributed by atoms with van der Waals surface area (Å²) in [5.74, 6) is 0. The van der Waals surface area contributed by atoms with E-state index in [1.807, 2.05) is 13.0 Å². The lowest BCUT2D eigenvalue weighted by Crippen LogP contribution is -2.24. The predicted octanol–water partition coefficient (Wildman–Crippen LogP) is 1.84. The Labute approximate surface area is 90.1 Å². The van der Waals surface area contributed by atoms with Gasteiger partial charge in [0.2, 0.25) is 5.56 Å². The van der Waals surface area contributed by atoms with Crippen LogP contribution < -0.4 is 5.56 Å². The molecule has 15 heavy (non-hydrogen) atoms. The smallest absolute Gasteiger partial charge is 0.248 e. The molecule has 0 bridgehead atoms. The number of hydrogen-bond acceptors (Lipinski definition) is 2. The Morgan fingerprint density at radius 2 is 2.33 bits per heavy atom. The Morgan fingerprint density at radius 1 is 1.53 bits per heavy atom. The average molecular weight is 206 g/mol. The van der Waals surface area contributed by atoms with E-state index in [9.17, 15) is 4.79 Å². The van der Waals surface area contributed by atoms with Crippen LogP contribution >= 0.6 is 0 Å². The maximum absolute atomic E-state index is 11.1. The second-order valence-electron chi connectivity index (χ2n) is 4.19. The van der Waals surface area contributed by atoms with Crippen molar-refractivity contribution in [3.8, 4) is 0 Å². The van der Waals surface area contributed by atoms with Gasteiger partial charge in [-0.15, -0.1) is 0 Å². The van der Waals surface area contributed by atoms with Crippen molar-refractivity contribution in [1.82, 2.24) is 9.88 Å². The van der Waals surface area contributed by atoms with Gasteiger partial charge >= 0.3 is 0 Å². The zero-order valence-corrected chi connectivity index (χ0v) is 9.42. The van der Waals surface area contributed by atoms with Gasteiger partial charge in [0.1, 0.15) is 0 Å². The average Bonchev–Trinajstić information content (AvgIpc) is 2.65. The Morgan fingerprint density at radius 3 is 3.00 bits per heavy atom. The third-order valence-corrected chi connectivity index (χ3v) is 3.29. The Balaban J connectivity index is 2.32. The number of H-pyrrole nitrogens is 1. The highest BCUT2D eigenvalue weighted by molar-refractivity contribution is 5.23. The van der Waals surface area contributed by atoms with Crippen LogP contribution in [0.3, 0.4) is 0 Å². The van der Waals surface area contributed by atoms with E-state index in [1.165, 1.54) is 24.9 Å². The first-order valence-corrected chi connectivity index (χ1v) is 5.66. The van der Waals surface area contributed by atoms with Gasteiger partial charge in [-0.05, 0) is 38.4 Å². The largest absolute Gasteiger partial charge is 0.326 e. The second-order valence-corrected chi connectivity index (χ2v) is 4.19. The molecule has 2 rings (SSSR count). The van der Waals surface area contributed by atoms with Crippen molar-refractivity contribution >= 4 is 0 Å². The van der Waals surface area contributed by atoms with Crippen LogP contribution in [0.1, 0.15) is 37.1 Å². The fourth-order valence-corrected chi connectivity index (χ4v) is 2.51. The molecule has 1 fully saturated rings. The van der Waals surface area contributed by atoms with Crippen molar-refractivity contribution in [2.24, 2.45) is 0 Å². The minimum absolute atomic E-state index is 0.00250. The molecule has 0 amide bonds. The zero-order chi connectivity index (χ0) is 10.8. The fourth-order valence-electron chi connectivity index (χ4n) is 2.51. The SMILES string of the molecule is CCN1CCCC1c1ccc(=O)[nH]c1C. The van der Waals surface area contributed by atoms with Crippen molar-refractivity contribution < 1.29 is 0 Å². The summed E-state index contributed by atoms with van der Waals surface area (Å²) in [5, 5.41) is 0. The summed E-state index contributed by atoms with van der Waals surface area (Å²) in [4.78, 5) is 16.5. The van der Waals surface area contributed by atoms with Crippen LogP contribution in [-0.2, 0) is 0 Å². The first kappa shape index (κ1) is 10.4. The Kier molecular flexibility index (Phi) is 2.91. The molecule has 1 aliphatic rings. The molecule has 0 radical (unpaired) electrons. The zero-order valence-electron chi connectivity index (χ0n) is 9.42. The third kappa shape index (κ3) is 1.97. The standard InChI is InChI=1S/C12H18N2O/c1-3-14-8-4-5-11(14)10-6-7-12(15)13-9(10)2/h6-7,11H,3-5,8H2,1-2H3,(H,13,15). The number of aromatic amines is 1. The highest BCUT2D eigenvalue weighted by Gasteiger charge is 2.25. The van der Waals surface area contributed by atoms with E-state index in [1.54, 1.807) is 6.07 Å². The highest BCUT2D eigenvalue weighted by atomic mass is 16.1. The number of hydrogen-bond donors (Lipinski definition) is 1. The maximum Gasteiger partial charge on any atom is 0.248 e. The van der Waals surface area contributed by atoms with Crippen molar-refractivity contribution in [3.63, 3.8) is 0 Å². The summed E-state index contributed by atoms with van der Waals surface area (Å²) < 4.78 is 0. The molecular weight excluding hydrogens is 188 g/mol. The van der Waals surface area contributed by atoms with Crippen LogP contribution in [0.5, 0.6) is 0 Å². The number of aromatic nitrogens is 1. The molecule has 0 spiro atoms. The summed E-state index contributed by atoms with van der Waals surface area (Å²) in [6.07, 6.45) is 2.47. The van der Waals surface area contributed by atoms with Crippen LogP contribution in [-0.4, -0.2) is 23.0 Å².